The maximum absolute atomic E-state index is 8.93. The number of nitriles is 1. The summed E-state index contributed by atoms with van der Waals surface area (Å²) in [5.41, 5.74) is -0.446. The zero-order valence-electron chi connectivity index (χ0n) is 9.34. The van der Waals surface area contributed by atoms with Crippen molar-refractivity contribution < 1.29 is 4.74 Å². The van der Waals surface area contributed by atoms with Gasteiger partial charge in [-0.25, -0.2) is 0 Å². The Kier molecular flexibility index (Phi) is 3.91. The zero-order chi connectivity index (χ0) is 10.6. The molecule has 3 heteroatoms. The predicted octanol–water partition coefficient (Wildman–Crippen LogP) is 1.84. The van der Waals surface area contributed by atoms with E-state index in [1.807, 2.05) is 13.8 Å². The van der Waals surface area contributed by atoms with Crippen LogP contribution >= 0.6 is 0 Å². The highest BCUT2D eigenvalue weighted by atomic mass is 16.5. The van der Waals surface area contributed by atoms with Gasteiger partial charge in [0.2, 0.25) is 0 Å². The molecule has 0 unspecified atom stereocenters. The van der Waals surface area contributed by atoms with Crippen molar-refractivity contribution >= 4 is 0 Å². The van der Waals surface area contributed by atoms with Gasteiger partial charge in [-0.1, -0.05) is 12.8 Å². The fourth-order valence-corrected chi connectivity index (χ4v) is 2.04. The molecule has 1 saturated carbocycles. The topological polar surface area (TPSA) is 45.0 Å². The number of rotatable bonds is 3. The highest BCUT2D eigenvalue weighted by Crippen LogP contribution is 2.22. The van der Waals surface area contributed by atoms with Gasteiger partial charge in [0, 0.05) is 13.2 Å². The van der Waals surface area contributed by atoms with Crippen LogP contribution in [0.3, 0.4) is 0 Å². The molecular weight excluding hydrogens is 176 g/mol. The first-order valence-electron chi connectivity index (χ1n) is 5.31. The predicted molar refractivity (Wildman–Crippen MR) is 55.9 cm³/mol. The van der Waals surface area contributed by atoms with Crippen molar-refractivity contribution in [1.82, 2.24) is 5.32 Å². The van der Waals surface area contributed by atoms with Gasteiger partial charge in [0.1, 0.15) is 5.54 Å². The Labute approximate surface area is 86.4 Å². The summed E-state index contributed by atoms with van der Waals surface area (Å²) in [5.74, 6) is 0. The minimum Gasteiger partial charge on any atom is -0.380 e. The summed E-state index contributed by atoms with van der Waals surface area (Å²) in [6.45, 7) is 3.82. The van der Waals surface area contributed by atoms with Crippen molar-refractivity contribution in [3.63, 3.8) is 0 Å². The Balaban J connectivity index is 2.53. The third kappa shape index (κ3) is 2.97. The van der Waals surface area contributed by atoms with Crippen molar-refractivity contribution in [3.05, 3.63) is 0 Å². The normalized spacial score (nSPS) is 28.4. The van der Waals surface area contributed by atoms with Crippen molar-refractivity contribution in [2.75, 3.05) is 7.11 Å². The van der Waals surface area contributed by atoms with Gasteiger partial charge < -0.3 is 4.74 Å². The molecule has 1 N–H and O–H groups in total. The van der Waals surface area contributed by atoms with E-state index in [4.69, 9.17) is 10.00 Å². The van der Waals surface area contributed by atoms with Gasteiger partial charge in [0.15, 0.2) is 0 Å². The first-order valence-corrected chi connectivity index (χ1v) is 5.31. The summed E-state index contributed by atoms with van der Waals surface area (Å²) in [7, 11) is 1.75. The van der Waals surface area contributed by atoms with Crippen LogP contribution in [0, 0.1) is 11.3 Å². The number of ether oxygens (including phenoxy) is 1. The van der Waals surface area contributed by atoms with Crippen LogP contribution in [0.15, 0.2) is 0 Å². The van der Waals surface area contributed by atoms with Crippen LogP contribution in [0.5, 0.6) is 0 Å². The number of hydrogen-bond acceptors (Lipinski definition) is 3. The Hall–Kier alpha value is -0.590. The van der Waals surface area contributed by atoms with Crippen molar-refractivity contribution in [2.24, 2.45) is 0 Å². The molecule has 1 aliphatic carbocycles. The van der Waals surface area contributed by atoms with Gasteiger partial charge in [0.05, 0.1) is 12.2 Å². The minimum atomic E-state index is -0.446. The first-order chi connectivity index (χ1) is 6.59. The first kappa shape index (κ1) is 11.5. The molecule has 0 saturated heterocycles. The molecule has 14 heavy (non-hydrogen) atoms. The van der Waals surface area contributed by atoms with Crippen LogP contribution in [0.4, 0.5) is 0 Å². The molecule has 0 aromatic carbocycles. The van der Waals surface area contributed by atoms with Crippen molar-refractivity contribution in [2.45, 2.75) is 57.2 Å². The van der Waals surface area contributed by atoms with Crippen LogP contribution < -0.4 is 5.32 Å². The molecule has 0 aromatic heterocycles. The molecule has 0 amide bonds. The molecule has 3 nitrogen and oxygen atoms in total. The largest absolute Gasteiger partial charge is 0.380 e. The van der Waals surface area contributed by atoms with E-state index in [1.165, 1.54) is 12.8 Å². The molecule has 1 aliphatic rings. The molecular formula is C11H20N2O. The van der Waals surface area contributed by atoms with Crippen LogP contribution in [-0.4, -0.2) is 24.8 Å². The van der Waals surface area contributed by atoms with Gasteiger partial charge in [0.25, 0.3) is 0 Å². The molecule has 1 fully saturated rings. The molecule has 0 aliphatic heterocycles. The van der Waals surface area contributed by atoms with Crippen LogP contribution in [0.2, 0.25) is 0 Å². The number of nitrogens with one attached hydrogen (secondary N) is 1. The number of hydrogen-bond donors (Lipinski definition) is 1. The lowest BCUT2D eigenvalue weighted by atomic mass is 9.90. The summed E-state index contributed by atoms with van der Waals surface area (Å²) in [4.78, 5) is 0. The average molecular weight is 196 g/mol. The van der Waals surface area contributed by atoms with Gasteiger partial charge in [-0.15, -0.1) is 0 Å². The van der Waals surface area contributed by atoms with E-state index in [-0.39, 0.29) is 6.10 Å². The van der Waals surface area contributed by atoms with Gasteiger partial charge in [-0.2, -0.15) is 5.26 Å². The zero-order valence-corrected chi connectivity index (χ0v) is 9.34. The molecule has 0 radical (unpaired) electrons. The molecule has 0 spiro atoms. The van der Waals surface area contributed by atoms with Gasteiger partial charge in [-0.05, 0) is 26.7 Å². The van der Waals surface area contributed by atoms with E-state index in [1.54, 1.807) is 7.11 Å². The molecule has 0 heterocycles. The Morgan fingerprint density at radius 1 is 1.36 bits per heavy atom. The minimum absolute atomic E-state index is 0.274. The second-order valence-electron chi connectivity index (χ2n) is 4.55. The Morgan fingerprint density at radius 2 is 2.00 bits per heavy atom. The summed E-state index contributed by atoms with van der Waals surface area (Å²) in [6, 6.07) is 2.60. The summed E-state index contributed by atoms with van der Waals surface area (Å²) in [6.07, 6.45) is 4.97. The van der Waals surface area contributed by atoms with Gasteiger partial charge in [-0.3, -0.25) is 5.32 Å². The van der Waals surface area contributed by atoms with Crippen molar-refractivity contribution in [3.8, 4) is 6.07 Å². The van der Waals surface area contributed by atoms with Gasteiger partial charge >= 0.3 is 0 Å². The monoisotopic (exact) mass is 196 g/mol. The van der Waals surface area contributed by atoms with E-state index < -0.39 is 5.54 Å². The van der Waals surface area contributed by atoms with E-state index in [0.717, 1.165) is 12.8 Å². The molecule has 80 valence electrons. The molecule has 0 bridgehead atoms. The Morgan fingerprint density at radius 3 is 2.57 bits per heavy atom. The average Bonchev–Trinajstić information content (AvgIpc) is 2.18. The SMILES string of the molecule is CO[C@@H]1CCCC[C@H]1NC(C)(C)C#N. The molecule has 0 aromatic rings. The van der Waals surface area contributed by atoms with Crippen LogP contribution in [0.25, 0.3) is 0 Å². The maximum Gasteiger partial charge on any atom is 0.101 e. The van der Waals surface area contributed by atoms with Crippen LogP contribution in [0.1, 0.15) is 39.5 Å². The third-order valence-corrected chi connectivity index (χ3v) is 2.83. The lowest BCUT2D eigenvalue weighted by Gasteiger charge is -2.35. The Bertz CT molecular complexity index is 220. The highest BCUT2D eigenvalue weighted by molar-refractivity contribution is 5.03. The second-order valence-corrected chi connectivity index (χ2v) is 4.55. The highest BCUT2D eigenvalue weighted by Gasteiger charge is 2.29. The smallest absolute Gasteiger partial charge is 0.101 e. The quantitative estimate of drug-likeness (QED) is 0.749. The summed E-state index contributed by atoms with van der Waals surface area (Å²) < 4.78 is 5.42. The number of nitrogens with zero attached hydrogens (tertiary/aromatic N) is 1. The van der Waals surface area contributed by atoms with E-state index in [2.05, 4.69) is 11.4 Å². The molecule has 1 rings (SSSR count). The third-order valence-electron chi connectivity index (χ3n) is 2.83. The summed E-state index contributed by atoms with van der Waals surface area (Å²) in [5, 5.41) is 12.3. The van der Waals surface area contributed by atoms with Crippen LogP contribution in [-0.2, 0) is 4.74 Å². The van der Waals surface area contributed by atoms with E-state index in [9.17, 15) is 0 Å². The lowest BCUT2D eigenvalue weighted by Crippen LogP contribution is -2.52. The fourth-order valence-electron chi connectivity index (χ4n) is 2.04. The maximum atomic E-state index is 8.93. The summed E-state index contributed by atoms with van der Waals surface area (Å²) >= 11 is 0. The van der Waals surface area contributed by atoms with E-state index in [0.29, 0.717) is 6.04 Å². The van der Waals surface area contributed by atoms with Crippen molar-refractivity contribution in [1.29, 1.82) is 5.26 Å². The van der Waals surface area contributed by atoms with E-state index >= 15 is 0 Å². The lowest BCUT2D eigenvalue weighted by molar-refractivity contribution is 0.0356. The molecule has 2 atom stereocenters. The second kappa shape index (κ2) is 4.77. The number of methoxy groups -OCH3 is 1. The fraction of sp³-hybridized carbons (Fsp3) is 0.909. The standard InChI is InChI=1S/C11H20N2O/c1-11(2,8-12)13-9-6-4-5-7-10(9)14-3/h9-10,13H,4-7H2,1-3H3/t9-,10-/m1/s1.